The summed E-state index contributed by atoms with van der Waals surface area (Å²) in [7, 11) is -3.69. The van der Waals surface area contributed by atoms with Gasteiger partial charge in [-0.2, -0.15) is 0 Å². The topological polar surface area (TPSA) is 75.3 Å². The highest BCUT2D eigenvalue weighted by Crippen LogP contribution is 2.24. The molecule has 144 valence electrons. The van der Waals surface area contributed by atoms with Crippen molar-refractivity contribution in [3.8, 4) is 0 Å². The zero-order valence-electron chi connectivity index (χ0n) is 15.6. The van der Waals surface area contributed by atoms with Gasteiger partial charge in [0, 0.05) is 12.1 Å². The lowest BCUT2D eigenvalue weighted by atomic mass is 9.89. The van der Waals surface area contributed by atoms with Crippen LogP contribution in [0.5, 0.6) is 0 Å². The van der Waals surface area contributed by atoms with Crippen molar-refractivity contribution in [1.82, 2.24) is 5.32 Å². The molecular formula is C21H26N2O3S. The highest BCUT2D eigenvalue weighted by atomic mass is 32.2. The van der Waals surface area contributed by atoms with Gasteiger partial charge in [0.2, 0.25) is 0 Å². The van der Waals surface area contributed by atoms with Crippen molar-refractivity contribution < 1.29 is 13.2 Å². The molecule has 1 fully saturated rings. The fourth-order valence-electron chi connectivity index (χ4n) is 3.41. The van der Waals surface area contributed by atoms with Gasteiger partial charge >= 0.3 is 0 Å². The first-order chi connectivity index (χ1) is 13.0. The fraction of sp³-hybridized carbons (Fsp3) is 0.381. The number of carbonyl (C=O) groups excluding carboxylic acids is 1. The molecule has 2 aromatic rings. The second-order valence-electron chi connectivity index (χ2n) is 7.16. The van der Waals surface area contributed by atoms with E-state index >= 15 is 0 Å². The maximum atomic E-state index is 12.6. The van der Waals surface area contributed by atoms with Crippen molar-refractivity contribution in [1.29, 1.82) is 0 Å². The molecule has 1 amide bonds. The van der Waals surface area contributed by atoms with Gasteiger partial charge in [-0.25, -0.2) is 8.42 Å². The number of nitrogens with one attached hydrogen (secondary N) is 2. The van der Waals surface area contributed by atoms with Crippen LogP contribution in [-0.4, -0.2) is 20.9 Å². The summed E-state index contributed by atoms with van der Waals surface area (Å²) in [6.45, 7) is 2.49. The highest BCUT2D eigenvalue weighted by molar-refractivity contribution is 7.92. The Balaban J connectivity index is 1.71. The molecule has 6 heteroatoms. The molecule has 0 aliphatic heterocycles. The van der Waals surface area contributed by atoms with Crippen molar-refractivity contribution >= 4 is 21.6 Å². The second-order valence-corrected chi connectivity index (χ2v) is 8.84. The van der Waals surface area contributed by atoms with Crippen LogP contribution in [0.4, 0.5) is 5.69 Å². The van der Waals surface area contributed by atoms with Gasteiger partial charge in [0.15, 0.2) is 0 Å². The van der Waals surface area contributed by atoms with Crippen molar-refractivity contribution in [3.05, 3.63) is 59.7 Å². The minimum Gasteiger partial charge on any atom is -0.352 e. The molecular weight excluding hydrogens is 360 g/mol. The van der Waals surface area contributed by atoms with Crippen LogP contribution in [0.25, 0.3) is 0 Å². The zero-order chi connectivity index (χ0) is 19.3. The SMILES string of the molecule is Cc1ccc(C(=O)NCC2CCCCC2)cc1NS(=O)(=O)c1ccccc1. The Labute approximate surface area is 161 Å². The molecule has 0 heterocycles. The number of sulfonamides is 1. The van der Waals surface area contributed by atoms with Crippen LogP contribution in [0.2, 0.25) is 0 Å². The normalized spacial score (nSPS) is 15.3. The third kappa shape index (κ3) is 5.10. The van der Waals surface area contributed by atoms with E-state index in [1.165, 1.54) is 19.3 Å². The monoisotopic (exact) mass is 386 g/mol. The van der Waals surface area contributed by atoms with E-state index < -0.39 is 10.0 Å². The molecule has 0 spiro atoms. The molecule has 5 nitrogen and oxygen atoms in total. The van der Waals surface area contributed by atoms with E-state index in [2.05, 4.69) is 10.0 Å². The lowest BCUT2D eigenvalue weighted by molar-refractivity contribution is 0.0943. The van der Waals surface area contributed by atoms with Crippen molar-refractivity contribution in [2.24, 2.45) is 5.92 Å². The first-order valence-corrected chi connectivity index (χ1v) is 10.9. The average molecular weight is 387 g/mol. The third-order valence-electron chi connectivity index (χ3n) is 5.07. The summed E-state index contributed by atoms with van der Waals surface area (Å²) in [5.41, 5.74) is 1.64. The Kier molecular flexibility index (Phi) is 6.16. The van der Waals surface area contributed by atoms with Gasteiger partial charge in [0.1, 0.15) is 0 Å². The molecule has 0 atom stereocenters. The molecule has 3 rings (SSSR count). The predicted octanol–water partition coefficient (Wildman–Crippen LogP) is 4.11. The maximum Gasteiger partial charge on any atom is 0.261 e. The second kappa shape index (κ2) is 8.57. The highest BCUT2D eigenvalue weighted by Gasteiger charge is 2.18. The number of anilines is 1. The fourth-order valence-corrected chi connectivity index (χ4v) is 4.55. The van der Waals surface area contributed by atoms with Gasteiger partial charge in [-0.15, -0.1) is 0 Å². The zero-order valence-corrected chi connectivity index (χ0v) is 16.4. The van der Waals surface area contributed by atoms with E-state index in [4.69, 9.17) is 0 Å². The van der Waals surface area contributed by atoms with Crippen LogP contribution in [0.1, 0.15) is 48.0 Å². The molecule has 2 aromatic carbocycles. The number of amides is 1. The summed E-state index contributed by atoms with van der Waals surface area (Å²) in [6, 6.07) is 13.3. The molecule has 0 bridgehead atoms. The van der Waals surface area contributed by atoms with E-state index in [1.54, 1.807) is 48.5 Å². The van der Waals surface area contributed by atoms with Gasteiger partial charge in [-0.3, -0.25) is 9.52 Å². The number of hydrogen-bond acceptors (Lipinski definition) is 3. The molecule has 1 aliphatic rings. The molecule has 27 heavy (non-hydrogen) atoms. The van der Waals surface area contributed by atoms with E-state index in [1.807, 2.05) is 6.92 Å². The first-order valence-electron chi connectivity index (χ1n) is 9.42. The Bertz CT molecular complexity index is 889. The van der Waals surface area contributed by atoms with Crippen molar-refractivity contribution in [3.63, 3.8) is 0 Å². The van der Waals surface area contributed by atoms with Crippen LogP contribution < -0.4 is 10.0 Å². The average Bonchev–Trinajstić information content (AvgIpc) is 2.69. The lowest BCUT2D eigenvalue weighted by Crippen LogP contribution is -2.30. The molecule has 0 unspecified atom stereocenters. The van der Waals surface area contributed by atoms with Gasteiger partial charge in [-0.1, -0.05) is 43.5 Å². The van der Waals surface area contributed by atoms with Crippen LogP contribution in [0.15, 0.2) is 53.4 Å². The molecule has 0 radical (unpaired) electrons. The molecule has 1 saturated carbocycles. The Morgan fingerprint density at radius 3 is 2.44 bits per heavy atom. The van der Waals surface area contributed by atoms with Gasteiger partial charge < -0.3 is 5.32 Å². The van der Waals surface area contributed by atoms with Crippen LogP contribution >= 0.6 is 0 Å². The largest absolute Gasteiger partial charge is 0.352 e. The van der Waals surface area contributed by atoms with Crippen molar-refractivity contribution in [2.75, 3.05) is 11.3 Å². The van der Waals surface area contributed by atoms with E-state index in [0.29, 0.717) is 23.7 Å². The van der Waals surface area contributed by atoms with Crippen LogP contribution in [-0.2, 0) is 10.0 Å². The molecule has 0 aromatic heterocycles. The quantitative estimate of drug-likeness (QED) is 0.785. The smallest absolute Gasteiger partial charge is 0.261 e. The van der Waals surface area contributed by atoms with Crippen molar-refractivity contribution in [2.45, 2.75) is 43.9 Å². The summed E-state index contributed by atoms with van der Waals surface area (Å²) in [6.07, 6.45) is 6.08. The Morgan fingerprint density at radius 1 is 1.04 bits per heavy atom. The van der Waals surface area contributed by atoms with E-state index in [9.17, 15) is 13.2 Å². The van der Waals surface area contributed by atoms with E-state index in [0.717, 1.165) is 18.4 Å². The minimum absolute atomic E-state index is 0.166. The molecule has 1 aliphatic carbocycles. The lowest BCUT2D eigenvalue weighted by Gasteiger charge is -2.21. The summed E-state index contributed by atoms with van der Waals surface area (Å²) in [5, 5.41) is 2.99. The Hall–Kier alpha value is -2.34. The van der Waals surface area contributed by atoms with Gasteiger partial charge in [-0.05, 0) is 55.5 Å². The minimum atomic E-state index is -3.69. The number of carbonyl (C=O) groups is 1. The first kappa shape index (κ1) is 19.4. The van der Waals surface area contributed by atoms with E-state index in [-0.39, 0.29) is 10.8 Å². The Morgan fingerprint density at radius 2 is 1.74 bits per heavy atom. The van der Waals surface area contributed by atoms with Gasteiger partial charge in [0.25, 0.3) is 15.9 Å². The maximum absolute atomic E-state index is 12.6. The molecule has 0 saturated heterocycles. The number of rotatable bonds is 6. The predicted molar refractivity (Wildman–Crippen MR) is 107 cm³/mol. The third-order valence-corrected chi connectivity index (χ3v) is 6.46. The number of benzene rings is 2. The van der Waals surface area contributed by atoms with Gasteiger partial charge in [0.05, 0.1) is 10.6 Å². The standard InChI is InChI=1S/C21H26N2O3S/c1-16-12-13-18(21(24)22-15-17-8-4-2-5-9-17)14-20(16)23-27(25,26)19-10-6-3-7-11-19/h3,6-7,10-14,17,23H,2,4-5,8-9,15H2,1H3,(H,22,24). The summed E-state index contributed by atoms with van der Waals surface area (Å²) in [5.74, 6) is 0.380. The summed E-state index contributed by atoms with van der Waals surface area (Å²) < 4.78 is 27.7. The summed E-state index contributed by atoms with van der Waals surface area (Å²) in [4.78, 5) is 12.7. The van der Waals surface area contributed by atoms with Crippen LogP contribution in [0.3, 0.4) is 0 Å². The number of aryl methyl sites for hydroxylation is 1. The number of hydrogen-bond donors (Lipinski definition) is 2. The molecule has 2 N–H and O–H groups in total. The van der Waals surface area contributed by atoms with Crippen LogP contribution in [0, 0.1) is 12.8 Å². The summed E-state index contributed by atoms with van der Waals surface area (Å²) >= 11 is 0.